The number of nitrogens with one attached hydrogen (secondary N) is 1. The van der Waals surface area contributed by atoms with E-state index in [2.05, 4.69) is 5.48 Å². The summed E-state index contributed by atoms with van der Waals surface area (Å²) in [6.45, 7) is 6.01. The smallest absolute Gasteiger partial charge is 0.0933 e. The quantitative estimate of drug-likeness (QED) is 0.698. The molecule has 1 aromatic carbocycles. The van der Waals surface area contributed by atoms with Gasteiger partial charge < -0.3 is 4.74 Å². The van der Waals surface area contributed by atoms with E-state index in [-0.39, 0.29) is 6.04 Å². The molecule has 0 saturated carbocycles. The fourth-order valence-electron chi connectivity index (χ4n) is 1.17. The largest absolute Gasteiger partial charge is 0.380 e. The van der Waals surface area contributed by atoms with Gasteiger partial charge in [0.05, 0.1) is 19.3 Å². The Labute approximate surface area is 91.4 Å². The second-order valence-electron chi connectivity index (χ2n) is 3.45. The highest BCUT2D eigenvalue weighted by molar-refractivity contribution is 5.13. The van der Waals surface area contributed by atoms with Crippen LogP contribution in [0, 0.1) is 0 Å². The molecule has 0 aliphatic heterocycles. The zero-order valence-electron chi connectivity index (χ0n) is 9.40. The summed E-state index contributed by atoms with van der Waals surface area (Å²) < 4.78 is 5.26. The van der Waals surface area contributed by atoms with Crippen LogP contribution in [0.15, 0.2) is 30.3 Å². The lowest BCUT2D eigenvalue weighted by Gasteiger charge is -2.13. The molecule has 0 heterocycles. The SMILES string of the molecule is CCOCC(C)NOCc1ccccc1. The van der Waals surface area contributed by atoms with Crippen LogP contribution < -0.4 is 5.48 Å². The predicted octanol–water partition coefficient (Wildman–Crippen LogP) is 2.13. The summed E-state index contributed by atoms with van der Waals surface area (Å²) in [7, 11) is 0. The molecule has 0 amide bonds. The van der Waals surface area contributed by atoms with E-state index >= 15 is 0 Å². The van der Waals surface area contributed by atoms with Gasteiger partial charge >= 0.3 is 0 Å². The number of hydrogen-bond donors (Lipinski definition) is 1. The molecule has 1 atom stereocenters. The minimum absolute atomic E-state index is 0.216. The van der Waals surface area contributed by atoms with Crippen molar-refractivity contribution >= 4 is 0 Å². The molecule has 3 heteroatoms. The highest BCUT2D eigenvalue weighted by Crippen LogP contribution is 1.99. The Morgan fingerprint density at radius 2 is 2.00 bits per heavy atom. The van der Waals surface area contributed by atoms with Gasteiger partial charge in [-0.15, -0.1) is 0 Å². The van der Waals surface area contributed by atoms with Gasteiger partial charge in [0.25, 0.3) is 0 Å². The van der Waals surface area contributed by atoms with Crippen molar-refractivity contribution in [3.8, 4) is 0 Å². The summed E-state index contributed by atoms with van der Waals surface area (Å²) in [6.07, 6.45) is 0. The minimum Gasteiger partial charge on any atom is -0.380 e. The number of hydrogen-bond acceptors (Lipinski definition) is 3. The second-order valence-corrected chi connectivity index (χ2v) is 3.45. The number of rotatable bonds is 7. The molecular formula is C12H19NO2. The molecule has 1 aromatic rings. The standard InChI is InChI=1S/C12H19NO2/c1-3-14-9-11(2)13-15-10-12-7-5-4-6-8-12/h4-8,11,13H,3,9-10H2,1-2H3. The first-order valence-corrected chi connectivity index (χ1v) is 5.32. The molecule has 0 aliphatic rings. The van der Waals surface area contributed by atoms with Crippen LogP contribution in [0.25, 0.3) is 0 Å². The molecule has 1 rings (SSSR count). The molecule has 0 saturated heterocycles. The molecule has 1 unspecified atom stereocenters. The molecule has 84 valence electrons. The summed E-state index contributed by atoms with van der Waals surface area (Å²) in [4.78, 5) is 5.35. The van der Waals surface area contributed by atoms with Crippen LogP contribution in [0.5, 0.6) is 0 Å². The lowest BCUT2D eigenvalue weighted by atomic mass is 10.2. The topological polar surface area (TPSA) is 30.5 Å². The summed E-state index contributed by atoms with van der Waals surface area (Å²) in [5.41, 5.74) is 4.10. The first kappa shape index (κ1) is 12.2. The van der Waals surface area contributed by atoms with Crippen molar-refractivity contribution in [1.82, 2.24) is 5.48 Å². The van der Waals surface area contributed by atoms with Crippen molar-refractivity contribution in [3.63, 3.8) is 0 Å². The normalized spacial score (nSPS) is 12.7. The van der Waals surface area contributed by atoms with Gasteiger partial charge in [-0.2, -0.15) is 5.48 Å². The molecule has 3 nitrogen and oxygen atoms in total. The van der Waals surface area contributed by atoms with Gasteiger partial charge in [-0.1, -0.05) is 30.3 Å². The number of hydroxylamine groups is 1. The zero-order chi connectivity index (χ0) is 10.9. The van der Waals surface area contributed by atoms with E-state index in [0.29, 0.717) is 13.2 Å². The minimum atomic E-state index is 0.216. The van der Waals surface area contributed by atoms with Crippen molar-refractivity contribution in [2.45, 2.75) is 26.5 Å². The Balaban J connectivity index is 2.11. The van der Waals surface area contributed by atoms with Crippen molar-refractivity contribution in [3.05, 3.63) is 35.9 Å². The molecular weight excluding hydrogens is 190 g/mol. The van der Waals surface area contributed by atoms with E-state index in [4.69, 9.17) is 9.57 Å². The van der Waals surface area contributed by atoms with Crippen LogP contribution in [0.2, 0.25) is 0 Å². The van der Waals surface area contributed by atoms with Gasteiger partial charge in [0.1, 0.15) is 0 Å². The van der Waals surface area contributed by atoms with Crippen LogP contribution in [-0.2, 0) is 16.2 Å². The van der Waals surface area contributed by atoms with Crippen LogP contribution in [-0.4, -0.2) is 19.3 Å². The van der Waals surface area contributed by atoms with E-state index in [0.717, 1.165) is 12.2 Å². The first-order chi connectivity index (χ1) is 7.33. The van der Waals surface area contributed by atoms with Gasteiger partial charge in [0.15, 0.2) is 0 Å². The molecule has 0 aliphatic carbocycles. The first-order valence-electron chi connectivity index (χ1n) is 5.32. The fraction of sp³-hybridized carbons (Fsp3) is 0.500. The molecule has 15 heavy (non-hydrogen) atoms. The third-order valence-corrected chi connectivity index (χ3v) is 1.94. The van der Waals surface area contributed by atoms with Crippen molar-refractivity contribution in [2.24, 2.45) is 0 Å². The highest BCUT2D eigenvalue weighted by Gasteiger charge is 2.00. The maximum atomic E-state index is 5.35. The lowest BCUT2D eigenvalue weighted by Crippen LogP contribution is -2.30. The highest BCUT2D eigenvalue weighted by atomic mass is 16.6. The third kappa shape index (κ3) is 5.52. The van der Waals surface area contributed by atoms with E-state index in [1.54, 1.807) is 0 Å². The molecule has 1 N–H and O–H groups in total. The Morgan fingerprint density at radius 3 is 2.67 bits per heavy atom. The Kier molecular flexibility index (Phi) is 6.00. The number of benzene rings is 1. The van der Waals surface area contributed by atoms with E-state index in [1.807, 2.05) is 44.2 Å². The monoisotopic (exact) mass is 209 g/mol. The predicted molar refractivity (Wildman–Crippen MR) is 60.3 cm³/mol. The lowest BCUT2D eigenvalue weighted by molar-refractivity contribution is -0.0153. The molecule has 0 aromatic heterocycles. The van der Waals surface area contributed by atoms with Gasteiger partial charge in [0.2, 0.25) is 0 Å². The molecule has 0 radical (unpaired) electrons. The zero-order valence-corrected chi connectivity index (χ0v) is 9.40. The van der Waals surface area contributed by atoms with Crippen molar-refractivity contribution < 1.29 is 9.57 Å². The molecule has 0 bridgehead atoms. The van der Waals surface area contributed by atoms with E-state index < -0.39 is 0 Å². The van der Waals surface area contributed by atoms with Crippen LogP contribution in [0.4, 0.5) is 0 Å². The van der Waals surface area contributed by atoms with Crippen molar-refractivity contribution in [1.29, 1.82) is 0 Å². The average Bonchev–Trinajstić information content (AvgIpc) is 2.28. The van der Waals surface area contributed by atoms with E-state index in [1.165, 1.54) is 0 Å². The van der Waals surface area contributed by atoms with Crippen molar-refractivity contribution in [2.75, 3.05) is 13.2 Å². The van der Waals surface area contributed by atoms with Gasteiger partial charge in [-0.05, 0) is 19.4 Å². The Morgan fingerprint density at radius 1 is 1.27 bits per heavy atom. The Bertz CT molecular complexity index is 251. The van der Waals surface area contributed by atoms with E-state index in [9.17, 15) is 0 Å². The third-order valence-electron chi connectivity index (χ3n) is 1.94. The second kappa shape index (κ2) is 7.40. The summed E-state index contributed by atoms with van der Waals surface area (Å²) in [5.74, 6) is 0. The fourth-order valence-corrected chi connectivity index (χ4v) is 1.17. The summed E-state index contributed by atoms with van der Waals surface area (Å²) >= 11 is 0. The van der Waals surface area contributed by atoms with Gasteiger partial charge in [-0.25, -0.2) is 0 Å². The van der Waals surface area contributed by atoms with Gasteiger partial charge in [0, 0.05) is 6.61 Å². The maximum Gasteiger partial charge on any atom is 0.0933 e. The Hall–Kier alpha value is -0.900. The maximum absolute atomic E-state index is 5.35. The number of ether oxygens (including phenoxy) is 1. The molecule has 0 spiro atoms. The van der Waals surface area contributed by atoms with Crippen LogP contribution >= 0.6 is 0 Å². The summed E-state index contributed by atoms with van der Waals surface area (Å²) in [6, 6.07) is 10.3. The molecule has 0 fully saturated rings. The average molecular weight is 209 g/mol. The van der Waals surface area contributed by atoms with Crippen LogP contribution in [0.1, 0.15) is 19.4 Å². The van der Waals surface area contributed by atoms with Crippen LogP contribution in [0.3, 0.4) is 0 Å². The summed E-state index contributed by atoms with van der Waals surface area (Å²) in [5, 5.41) is 0. The van der Waals surface area contributed by atoms with Gasteiger partial charge in [-0.3, -0.25) is 4.84 Å².